The molecule has 1 fully saturated rings. The largest absolute Gasteiger partial charge is 0.341 e. The lowest BCUT2D eigenvalue weighted by atomic mass is 9.93. The highest BCUT2D eigenvalue weighted by Gasteiger charge is 2.31. The van der Waals surface area contributed by atoms with E-state index < -0.39 is 0 Å². The maximum absolute atomic E-state index is 13.1. The predicted molar refractivity (Wildman–Crippen MR) is 113 cm³/mol. The minimum atomic E-state index is 0.236. The van der Waals surface area contributed by atoms with Crippen LogP contribution in [0.15, 0.2) is 66.2 Å². The number of fused-ring (bicyclic) bond motifs is 3. The van der Waals surface area contributed by atoms with Crippen molar-refractivity contribution < 1.29 is 4.79 Å². The lowest BCUT2D eigenvalue weighted by Crippen LogP contribution is -2.32. The number of para-hydroxylation sites is 1. The van der Waals surface area contributed by atoms with Crippen LogP contribution in [0.25, 0.3) is 10.9 Å². The first-order valence-electron chi connectivity index (χ1n) is 10.3. The summed E-state index contributed by atoms with van der Waals surface area (Å²) in [6.07, 6.45) is 5.36. The van der Waals surface area contributed by atoms with Gasteiger partial charge in [-0.2, -0.15) is 0 Å². The minimum absolute atomic E-state index is 0.236. The van der Waals surface area contributed by atoms with Gasteiger partial charge in [-0.05, 0) is 49.0 Å². The van der Waals surface area contributed by atoms with Crippen LogP contribution in [0.3, 0.4) is 0 Å². The van der Waals surface area contributed by atoms with E-state index in [4.69, 9.17) is 0 Å². The van der Waals surface area contributed by atoms with Gasteiger partial charge in [-0.25, -0.2) is 0 Å². The summed E-state index contributed by atoms with van der Waals surface area (Å²) < 4.78 is 2.08. The van der Waals surface area contributed by atoms with Crippen molar-refractivity contribution in [3.05, 3.63) is 83.1 Å². The van der Waals surface area contributed by atoms with E-state index >= 15 is 0 Å². The van der Waals surface area contributed by atoms with E-state index in [9.17, 15) is 4.79 Å². The van der Waals surface area contributed by atoms with E-state index in [1.165, 1.54) is 16.5 Å². The number of allylic oxidation sites excluding steroid dienone is 2. The number of Topliss-reactive ketones (excluding diaryl/α,β-unsaturated/α-hetero) is 1. The average molecular weight is 370 g/mol. The lowest BCUT2D eigenvalue weighted by molar-refractivity contribution is 0.103. The van der Waals surface area contributed by atoms with E-state index in [2.05, 4.69) is 64.1 Å². The minimum Gasteiger partial charge on any atom is -0.341 e. The van der Waals surface area contributed by atoms with Crippen molar-refractivity contribution in [2.45, 2.75) is 25.8 Å². The second-order valence-electron chi connectivity index (χ2n) is 8.20. The second-order valence-corrected chi connectivity index (χ2v) is 8.20. The highest BCUT2D eigenvalue weighted by Crippen LogP contribution is 2.36. The molecule has 142 valence electrons. The fourth-order valence-corrected chi connectivity index (χ4v) is 4.90. The predicted octanol–water partition coefficient (Wildman–Crippen LogP) is 4.76. The van der Waals surface area contributed by atoms with Crippen molar-refractivity contribution in [3.63, 3.8) is 0 Å². The fourth-order valence-electron chi connectivity index (χ4n) is 4.90. The summed E-state index contributed by atoms with van der Waals surface area (Å²) in [5.41, 5.74) is 5.67. The van der Waals surface area contributed by atoms with Crippen molar-refractivity contribution in [1.29, 1.82) is 0 Å². The van der Waals surface area contributed by atoms with Gasteiger partial charge in [0.05, 0.1) is 5.69 Å². The van der Waals surface area contributed by atoms with Crippen LogP contribution < -0.4 is 0 Å². The van der Waals surface area contributed by atoms with E-state index in [0.717, 1.165) is 55.7 Å². The first-order valence-corrected chi connectivity index (χ1v) is 10.3. The molecule has 0 atom stereocenters. The molecule has 0 radical (unpaired) electrons. The third-order valence-electron chi connectivity index (χ3n) is 6.40. The monoisotopic (exact) mass is 370 g/mol. The van der Waals surface area contributed by atoms with Crippen molar-refractivity contribution >= 4 is 16.7 Å². The topological polar surface area (TPSA) is 25.2 Å². The van der Waals surface area contributed by atoms with Crippen LogP contribution in [0.1, 0.15) is 34.5 Å². The van der Waals surface area contributed by atoms with Gasteiger partial charge in [0.25, 0.3) is 0 Å². The maximum atomic E-state index is 13.1. The molecule has 2 aromatic carbocycles. The third-order valence-corrected chi connectivity index (χ3v) is 6.40. The number of carbonyl (C=O) groups is 1. The highest BCUT2D eigenvalue weighted by molar-refractivity contribution is 6.16. The Bertz CT molecular complexity index is 1050. The van der Waals surface area contributed by atoms with Crippen molar-refractivity contribution in [3.8, 4) is 0 Å². The van der Waals surface area contributed by atoms with Gasteiger partial charge in [-0.3, -0.25) is 9.69 Å². The molecule has 0 spiro atoms. The first kappa shape index (κ1) is 17.4. The summed E-state index contributed by atoms with van der Waals surface area (Å²) in [5, 5.41) is 1.23. The smallest absolute Gasteiger partial charge is 0.205 e. The molecule has 0 amide bonds. The number of hydrogen-bond acceptors (Lipinski definition) is 2. The molecular weight excluding hydrogens is 344 g/mol. The number of aromatic nitrogens is 1. The van der Waals surface area contributed by atoms with Crippen LogP contribution in [-0.4, -0.2) is 28.3 Å². The third kappa shape index (κ3) is 3.00. The molecule has 1 saturated heterocycles. The van der Waals surface area contributed by atoms with Gasteiger partial charge < -0.3 is 4.57 Å². The summed E-state index contributed by atoms with van der Waals surface area (Å²) in [6.45, 7) is 3.24. The number of rotatable bonds is 3. The summed E-state index contributed by atoms with van der Waals surface area (Å²) in [7, 11) is 2.02. The van der Waals surface area contributed by atoms with Crippen molar-refractivity contribution in [2.75, 3.05) is 13.1 Å². The van der Waals surface area contributed by atoms with E-state index in [1.807, 2.05) is 13.1 Å². The molecule has 28 heavy (non-hydrogen) atoms. The Hall–Kier alpha value is -2.65. The number of aryl methyl sites for hydroxylation is 1. The molecule has 0 unspecified atom stereocenters. The lowest BCUT2D eigenvalue weighted by Gasteiger charge is -2.31. The number of piperidine rings is 1. The second kappa shape index (κ2) is 7.06. The molecule has 2 aliphatic rings. The van der Waals surface area contributed by atoms with Gasteiger partial charge in [0, 0.05) is 36.5 Å². The summed E-state index contributed by atoms with van der Waals surface area (Å²) in [5.74, 6) is 0.756. The zero-order valence-electron chi connectivity index (χ0n) is 16.4. The zero-order valence-corrected chi connectivity index (χ0v) is 16.4. The molecule has 0 N–H and O–H groups in total. The normalized spacial score (nSPS) is 19.6. The van der Waals surface area contributed by atoms with Crippen LogP contribution in [-0.2, 0) is 20.0 Å². The standard InChI is InChI=1S/C25H26N2O/c1-26-23-10-6-5-9-21(23)22-16-20(25(28)24(22)26)15-18-11-13-27(14-12-18)17-19-7-3-2-4-8-19/h2-10,15,18H,11-14,16-17H2,1H3. The number of likely N-dealkylation sites (tertiary alicyclic amines) is 1. The number of ketones is 1. The van der Waals surface area contributed by atoms with Crippen molar-refractivity contribution in [1.82, 2.24) is 9.47 Å². The molecule has 1 aromatic heterocycles. The molecule has 3 aromatic rings. The number of nitrogens with zero attached hydrogens (tertiary/aromatic N) is 2. The molecule has 1 aliphatic heterocycles. The van der Waals surface area contributed by atoms with Crippen LogP contribution >= 0.6 is 0 Å². The van der Waals surface area contributed by atoms with Crippen LogP contribution in [0.4, 0.5) is 0 Å². The Morgan fingerprint density at radius 2 is 1.71 bits per heavy atom. The summed E-state index contributed by atoms with van der Waals surface area (Å²) in [4.78, 5) is 15.6. The van der Waals surface area contributed by atoms with Gasteiger partial charge >= 0.3 is 0 Å². The Morgan fingerprint density at radius 1 is 1.00 bits per heavy atom. The van der Waals surface area contributed by atoms with E-state index in [-0.39, 0.29) is 5.78 Å². The molecular formula is C25H26N2O. The van der Waals surface area contributed by atoms with Gasteiger partial charge in [-0.15, -0.1) is 0 Å². The zero-order chi connectivity index (χ0) is 19.1. The fraction of sp³-hybridized carbons (Fsp3) is 0.320. The average Bonchev–Trinajstić information content (AvgIpc) is 3.20. The molecule has 3 heteroatoms. The molecule has 3 nitrogen and oxygen atoms in total. The Morgan fingerprint density at radius 3 is 2.50 bits per heavy atom. The summed E-state index contributed by atoms with van der Waals surface area (Å²) >= 11 is 0. The van der Waals surface area contributed by atoms with Crippen molar-refractivity contribution in [2.24, 2.45) is 13.0 Å². The van der Waals surface area contributed by atoms with E-state index in [0.29, 0.717) is 5.92 Å². The molecule has 0 bridgehead atoms. The molecule has 2 heterocycles. The van der Waals surface area contributed by atoms with Crippen LogP contribution in [0.5, 0.6) is 0 Å². The first-order chi connectivity index (χ1) is 13.7. The van der Waals surface area contributed by atoms with Gasteiger partial charge in [0.1, 0.15) is 0 Å². The van der Waals surface area contributed by atoms with Crippen LogP contribution in [0, 0.1) is 5.92 Å². The Labute approximate surface area is 166 Å². The summed E-state index contributed by atoms with van der Waals surface area (Å²) in [6, 6.07) is 19.1. The SMILES string of the molecule is Cn1c2c(c3ccccc31)CC(=CC1CCN(Cc3ccccc3)CC1)C2=O. The number of hydrogen-bond donors (Lipinski definition) is 0. The quantitative estimate of drug-likeness (QED) is 0.621. The Balaban J connectivity index is 1.29. The maximum Gasteiger partial charge on any atom is 0.205 e. The Kier molecular flexibility index (Phi) is 4.40. The number of carbonyl (C=O) groups excluding carboxylic acids is 1. The van der Waals surface area contributed by atoms with Gasteiger partial charge in [0.2, 0.25) is 5.78 Å². The number of benzene rings is 2. The molecule has 1 aliphatic carbocycles. The highest BCUT2D eigenvalue weighted by atomic mass is 16.1. The van der Waals surface area contributed by atoms with Crippen LogP contribution in [0.2, 0.25) is 0 Å². The molecule has 0 saturated carbocycles. The van der Waals surface area contributed by atoms with E-state index in [1.54, 1.807) is 0 Å². The molecule has 5 rings (SSSR count). The van der Waals surface area contributed by atoms with Gasteiger partial charge in [0.15, 0.2) is 0 Å². The van der Waals surface area contributed by atoms with Gasteiger partial charge in [-0.1, -0.05) is 54.6 Å².